The van der Waals surface area contributed by atoms with Crippen LogP contribution in [0.3, 0.4) is 0 Å². The molecule has 0 radical (unpaired) electrons. The molecule has 94 valence electrons. The minimum Gasteiger partial charge on any atom is -0.493 e. The lowest BCUT2D eigenvalue weighted by Gasteiger charge is -2.11. The van der Waals surface area contributed by atoms with Gasteiger partial charge >= 0.3 is 0 Å². The number of rotatable bonds is 7. The standard InChI is InChI=1S/C11H17N3O3/c1-8-5-9(10(16-2)6-14-8)13-3-4-17-7-11(12)15/h5-6H,3-4,7H2,1-2H3,(H2,12,15)(H,13,14). The Labute approximate surface area is 100 Å². The van der Waals surface area contributed by atoms with Crippen LogP contribution in [0.2, 0.25) is 0 Å². The van der Waals surface area contributed by atoms with Gasteiger partial charge in [-0.3, -0.25) is 9.78 Å². The van der Waals surface area contributed by atoms with Gasteiger partial charge in [-0.05, 0) is 13.0 Å². The molecule has 1 aromatic rings. The molecule has 0 saturated heterocycles. The van der Waals surface area contributed by atoms with Gasteiger partial charge in [0.2, 0.25) is 5.91 Å². The molecule has 0 fully saturated rings. The van der Waals surface area contributed by atoms with Crippen LogP contribution < -0.4 is 15.8 Å². The van der Waals surface area contributed by atoms with Crippen molar-refractivity contribution in [2.24, 2.45) is 5.73 Å². The van der Waals surface area contributed by atoms with Crippen molar-refractivity contribution in [1.82, 2.24) is 4.98 Å². The molecule has 0 spiro atoms. The molecule has 0 aliphatic rings. The number of primary amides is 1. The first-order valence-corrected chi connectivity index (χ1v) is 5.24. The topological polar surface area (TPSA) is 86.5 Å². The van der Waals surface area contributed by atoms with E-state index in [2.05, 4.69) is 10.3 Å². The van der Waals surface area contributed by atoms with Crippen molar-refractivity contribution in [3.05, 3.63) is 18.0 Å². The Morgan fingerprint density at radius 3 is 3.00 bits per heavy atom. The lowest BCUT2D eigenvalue weighted by molar-refractivity contribution is -0.122. The maximum Gasteiger partial charge on any atom is 0.243 e. The first-order valence-electron chi connectivity index (χ1n) is 5.24. The molecule has 0 aliphatic heterocycles. The van der Waals surface area contributed by atoms with Crippen molar-refractivity contribution in [3.8, 4) is 5.75 Å². The normalized spacial score (nSPS) is 10.0. The molecule has 6 heteroatoms. The summed E-state index contributed by atoms with van der Waals surface area (Å²) in [5.74, 6) is 0.202. The number of amides is 1. The van der Waals surface area contributed by atoms with Crippen LogP contribution >= 0.6 is 0 Å². The fourth-order valence-corrected chi connectivity index (χ4v) is 1.28. The smallest absolute Gasteiger partial charge is 0.243 e. The molecular formula is C11H17N3O3. The summed E-state index contributed by atoms with van der Waals surface area (Å²) in [4.78, 5) is 14.5. The maximum absolute atomic E-state index is 10.4. The van der Waals surface area contributed by atoms with Gasteiger partial charge in [0, 0.05) is 12.2 Å². The van der Waals surface area contributed by atoms with Crippen LogP contribution in [0.5, 0.6) is 5.75 Å². The number of pyridine rings is 1. The van der Waals surface area contributed by atoms with Crippen LogP contribution in [0.25, 0.3) is 0 Å². The highest BCUT2D eigenvalue weighted by Crippen LogP contribution is 2.22. The SMILES string of the molecule is COc1cnc(C)cc1NCCOCC(N)=O. The number of aryl methyl sites for hydroxylation is 1. The second-order valence-corrected chi connectivity index (χ2v) is 3.47. The van der Waals surface area contributed by atoms with Crippen molar-refractivity contribution in [2.45, 2.75) is 6.92 Å². The Morgan fingerprint density at radius 2 is 2.35 bits per heavy atom. The third-order valence-electron chi connectivity index (χ3n) is 2.03. The number of nitrogens with one attached hydrogen (secondary N) is 1. The second-order valence-electron chi connectivity index (χ2n) is 3.47. The van der Waals surface area contributed by atoms with Crippen molar-refractivity contribution in [1.29, 1.82) is 0 Å². The van der Waals surface area contributed by atoms with E-state index in [4.69, 9.17) is 15.2 Å². The predicted molar refractivity (Wildman–Crippen MR) is 64.0 cm³/mol. The average Bonchev–Trinajstić information content (AvgIpc) is 2.28. The highest BCUT2D eigenvalue weighted by molar-refractivity contribution is 5.74. The quantitative estimate of drug-likeness (QED) is 0.669. The van der Waals surface area contributed by atoms with E-state index >= 15 is 0 Å². The number of nitrogens with two attached hydrogens (primary N) is 1. The first-order chi connectivity index (χ1) is 8.13. The van der Waals surface area contributed by atoms with Gasteiger partial charge in [-0.15, -0.1) is 0 Å². The number of methoxy groups -OCH3 is 1. The number of nitrogens with zero attached hydrogens (tertiary/aromatic N) is 1. The van der Waals surface area contributed by atoms with Gasteiger partial charge in [-0.2, -0.15) is 0 Å². The second kappa shape index (κ2) is 6.70. The molecule has 0 aliphatic carbocycles. The summed E-state index contributed by atoms with van der Waals surface area (Å²) in [6, 6.07) is 1.88. The fraction of sp³-hybridized carbons (Fsp3) is 0.455. The third kappa shape index (κ3) is 4.69. The molecule has 0 aromatic carbocycles. The number of carbonyl (C=O) groups is 1. The van der Waals surface area contributed by atoms with Crippen LogP contribution in [0.1, 0.15) is 5.69 Å². The molecule has 1 heterocycles. The van der Waals surface area contributed by atoms with Crippen molar-refractivity contribution in [2.75, 3.05) is 32.2 Å². The van der Waals surface area contributed by atoms with Crippen molar-refractivity contribution < 1.29 is 14.3 Å². The largest absolute Gasteiger partial charge is 0.493 e. The van der Waals surface area contributed by atoms with Gasteiger partial charge < -0.3 is 20.5 Å². The molecule has 0 atom stereocenters. The Hall–Kier alpha value is -1.82. The molecule has 1 rings (SSSR count). The highest BCUT2D eigenvalue weighted by atomic mass is 16.5. The molecule has 0 unspecified atom stereocenters. The number of hydrogen-bond acceptors (Lipinski definition) is 5. The number of ether oxygens (including phenoxy) is 2. The lowest BCUT2D eigenvalue weighted by Crippen LogP contribution is -2.20. The van der Waals surface area contributed by atoms with Crippen LogP contribution in [-0.2, 0) is 9.53 Å². The van der Waals surface area contributed by atoms with E-state index in [9.17, 15) is 4.79 Å². The van der Waals surface area contributed by atoms with Gasteiger partial charge in [0.25, 0.3) is 0 Å². The van der Waals surface area contributed by atoms with Crippen LogP contribution in [-0.4, -0.2) is 37.8 Å². The van der Waals surface area contributed by atoms with Crippen molar-refractivity contribution >= 4 is 11.6 Å². The zero-order chi connectivity index (χ0) is 12.7. The molecule has 0 bridgehead atoms. The highest BCUT2D eigenvalue weighted by Gasteiger charge is 2.03. The lowest BCUT2D eigenvalue weighted by atomic mass is 10.3. The minimum absolute atomic E-state index is 0.0613. The fourth-order valence-electron chi connectivity index (χ4n) is 1.28. The third-order valence-corrected chi connectivity index (χ3v) is 2.03. The van der Waals surface area contributed by atoms with Crippen LogP contribution in [0.4, 0.5) is 5.69 Å². The molecule has 6 nitrogen and oxygen atoms in total. The van der Waals surface area contributed by atoms with E-state index in [1.54, 1.807) is 13.3 Å². The van der Waals surface area contributed by atoms with E-state index in [-0.39, 0.29) is 6.61 Å². The van der Waals surface area contributed by atoms with Crippen LogP contribution in [0.15, 0.2) is 12.3 Å². The zero-order valence-corrected chi connectivity index (χ0v) is 10.0. The Balaban J connectivity index is 2.40. The summed E-state index contributed by atoms with van der Waals surface area (Å²) in [5, 5.41) is 3.14. The Morgan fingerprint density at radius 1 is 1.59 bits per heavy atom. The van der Waals surface area contributed by atoms with E-state index in [0.29, 0.717) is 18.9 Å². The summed E-state index contributed by atoms with van der Waals surface area (Å²) in [6.07, 6.45) is 1.65. The molecule has 1 amide bonds. The number of anilines is 1. The number of carbonyl (C=O) groups excluding carboxylic acids is 1. The predicted octanol–water partition coefficient (Wildman–Crippen LogP) is 0.312. The van der Waals surface area contributed by atoms with Crippen molar-refractivity contribution in [3.63, 3.8) is 0 Å². The summed E-state index contributed by atoms with van der Waals surface area (Å²) in [6.45, 7) is 2.79. The van der Waals surface area contributed by atoms with Crippen LogP contribution in [0, 0.1) is 6.92 Å². The Bertz CT molecular complexity index is 382. The van der Waals surface area contributed by atoms with Gasteiger partial charge in [-0.1, -0.05) is 0 Å². The van der Waals surface area contributed by atoms with Gasteiger partial charge in [-0.25, -0.2) is 0 Å². The monoisotopic (exact) mass is 239 g/mol. The first kappa shape index (κ1) is 13.2. The molecule has 17 heavy (non-hydrogen) atoms. The maximum atomic E-state index is 10.4. The summed E-state index contributed by atoms with van der Waals surface area (Å²) < 4.78 is 10.2. The molecule has 0 saturated carbocycles. The van der Waals surface area contributed by atoms with Gasteiger partial charge in [0.1, 0.15) is 6.61 Å². The van der Waals surface area contributed by atoms with Gasteiger partial charge in [0.05, 0.1) is 25.6 Å². The molecular weight excluding hydrogens is 222 g/mol. The van der Waals surface area contributed by atoms with E-state index < -0.39 is 5.91 Å². The van der Waals surface area contributed by atoms with E-state index in [0.717, 1.165) is 11.4 Å². The van der Waals surface area contributed by atoms with E-state index in [1.807, 2.05) is 13.0 Å². The molecule has 3 N–H and O–H groups in total. The summed E-state index contributed by atoms with van der Waals surface area (Å²) in [5.41, 5.74) is 6.68. The average molecular weight is 239 g/mol. The molecule has 1 aromatic heterocycles. The minimum atomic E-state index is -0.470. The Kier molecular flexibility index (Phi) is 5.22. The summed E-state index contributed by atoms with van der Waals surface area (Å²) in [7, 11) is 1.58. The summed E-state index contributed by atoms with van der Waals surface area (Å²) >= 11 is 0. The van der Waals surface area contributed by atoms with E-state index in [1.165, 1.54) is 0 Å². The number of aromatic nitrogens is 1. The number of hydrogen-bond donors (Lipinski definition) is 2. The van der Waals surface area contributed by atoms with Gasteiger partial charge in [0.15, 0.2) is 5.75 Å². The zero-order valence-electron chi connectivity index (χ0n) is 10.0.